The van der Waals surface area contributed by atoms with Gasteiger partial charge >= 0.3 is 0 Å². The molecule has 11 N–H and O–H groups in total. The highest BCUT2D eigenvalue weighted by atomic mass is 16.2. The summed E-state index contributed by atoms with van der Waals surface area (Å²) in [5.41, 5.74) is 26.7. The molecule has 0 heterocycles. The van der Waals surface area contributed by atoms with E-state index in [-0.39, 0.29) is 50.2 Å². The Bertz CT molecular complexity index is 1260. The Balaban J connectivity index is 3.29. The lowest BCUT2D eigenvalue weighted by Crippen LogP contribution is -2.62. The molecule has 0 fully saturated rings. The molecule has 5 amide bonds. The van der Waals surface area contributed by atoms with E-state index in [2.05, 4.69) is 15.3 Å². The maximum Gasteiger partial charge on any atom is 0.248 e. The molecule has 256 valence electrons. The first kappa shape index (κ1) is 39.1. The third kappa shape index (κ3) is 12.2. The number of nitrogens with zero attached hydrogens (tertiary/aromatic N) is 5. The van der Waals surface area contributed by atoms with Gasteiger partial charge in [-0.3, -0.25) is 34.0 Å². The van der Waals surface area contributed by atoms with Crippen LogP contribution >= 0.6 is 0 Å². The minimum Gasteiger partial charge on any atom is -0.370 e. The van der Waals surface area contributed by atoms with E-state index in [1.165, 1.54) is 56.6 Å². The maximum atomic E-state index is 13.9. The van der Waals surface area contributed by atoms with Crippen molar-refractivity contribution in [3.63, 3.8) is 0 Å². The number of primary amides is 1. The Morgan fingerprint density at radius 1 is 0.761 bits per heavy atom. The van der Waals surface area contributed by atoms with E-state index in [0.717, 1.165) is 5.56 Å². The molecule has 0 saturated carbocycles. The molecule has 0 aliphatic heterocycles. The van der Waals surface area contributed by atoms with Gasteiger partial charge < -0.3 is 48.7 Å². The molecule has 3 atom stereocenters. The van der Waals surface area contributed by atoms with Crippen molar-refractivity contribution >= 4 is 41.5 Å². The van der Waals surface area contributed by atoms with Crippen LogP contribution in [0.25, 0.3) is 0 Å². The molecule has 0 unspecified atom stereocenters. The van der Waals surface area contributed by atoms with Crippen molar-refractivity contribution in [2.45, 2.75) is 76.5 Å². The van der Waals surface area contributed by atoms with E-state index >= 15 is 0 Å². The van der Waals surface area contributed by atoms with Gasteiger partial charge in [0.25, 0.3) is 0 Å². The topological polar surface area (TPSA) is 262 Å². The number of amides is 5. The molecule has 1 aromatic carbocycles. The average Bonchev–Trinajstić information content (AvgIpc) is 2.97. The van der Waals surface area contributed by atoms with Crippen LogP contribution in [0, 0.1) is 0 Å². The standard InChI is InChI=1S/C30H51N11O5/c1-19(42)39(4)21(14-10-16-36-28(32)33)25(44)38-30(2,3)27(46)41(6)22(15-11-17-37-29(34)35)26(45)40(5)23(24(31)43)18-20-12-8-7-9-13-20/h7-9,12-13,21-23H,10-11,14-18H2,1-6H3,(H2,31,43)(H,38,44)(H4,32,33,36)(H4,34,35,37)/t21-,22-,23-/m0/s1. The number of hydrogen-bond donors (Lipinski definition) is 6. The average molecular weight is 646 g/mol. The van der Waals surface area contributed by atoms with Crippen LogP contribution in [0.4, 0.5) is 0 Å². The van der Waals surface area contributed by atoms with Crippen molar-refractivity contribution in [2.75, 3.05) is 34.2 Å². The summed E-state index contributed by atoms with van der Waals surface area (Å²) in [6, 6.07) is 6.13. The van der Waals surface area contributed by atoms with Gasteiger partial charge in [-0.05, 0) is 45.1 Å². The van der Waals surface area contributed by atoms with E-state index in [1.54, 1.807) is 0 Å². The molecule has 0 aliphatic carbocycles. The van der Waals surface area contributed by atoms with Gasteiger partial charge in [-0.25, -0.2) is 0 Å². The maximum absolute atomic E-state index is 13.9. The van der Waals surface area contributed by atoms with Crippen LogP contribution in [0.5, 0.6) is 0 Å². The summed E-state index contributed by atoms with van der Waals surface area (Å²) in [6.07, 6.45) is 1.26. The molecule has 0 aliphatic rings. The highest BCUT2D eigenvalue weighted by Crippen LogP contribution is 2.19. The predicted octanol–water partition coefficient (Wildman–Crippen LogP) is -1.78. The molecule has 0 spiro atoms. The van der Waals surface area contributed by atoms with Crippen LogP contribution in [-0.4, -0.2) is 114 Å². The molecular weight excluding hydrogens is 594 g/mol. The fraction of sp³-hybridized carbons (Fsp3) is 0.567. The van der Waals surface area contributed by atoms with Gasteiger partial charge in [0.1, 0.15) is 23.7 Å². The Kier molecular flexibility index (Phi) is 15.5. The molecule has 16 heteroatoms. The van der Waals surface area contributed by atoms with Crippen LogP contribution in [-0.2, 0) is 30.4 Å². The largest absolute Gasteiger partial charge is 0.370 e. The summed E-state index contributed by atoms with van der Waals surface area (Å²) in [4.78, 5) is 77.6. The monoisotopic (exact) mass is 645 g/mol. The van der Waals surface area contributed by atoms with Gasteiger partial charge in [0.05, 0.1) is 0 Å². The van der Waals surface area contributed by atoms with Crippen molar-refractivity contribution in [1.29, 1.82) is 0 Å². The third-order valence-corrected chi connectivity index (χ3v) is 7.59. The SMILES string of the molecule is CC(=O)N(C)[C@@H](CCCN=C(N)N)C(=O)NC(C)(C)C(=O)N(C)[C@@H](CCCN=C(N)N)C(=O)N(C)[C@@H](Cc1ccccc1)C(N)=O. The lowest BCUT2D eigenvalue weighted by atomic mass is 9.98. The first-order chi connectivity index (χ1) is 21.4. The smallest absolute Gasteiger partial charge is 0.248 e. The van der Waals surface area contributed by atoms with Crippen molar-refractivity contribution < 1.29 is 24.0 Å². The van der Waals surface area contributed by atoms with Crippen molar-refractivity contribution in [1.82, 2.24) is 20.0 Å². The van der Waals surface area contributed by atoms with Gasteiger partial charge in [0, 0.05) is 47.6 Å². The molecule has 0 saturated heterocycles. The normalized spacial score (nSPS) is 12.9. The molecule has 46 heavy (non-hydrogen) atoms. The van der Waals surface area contributed by atoms with Gasteiger partial charge in [-0.15, -0.1) is 0 Å². The van der Waals surface area contributed by atoms with Gasteiger partial charge in [0.2, 0.25) is 29.5 Å². The summed E-state index contributed by atoms with van der Waals surface area (Å²) in [5, 5.41) is 2.74. The van der Waals surface area contributed by atoms with Gasteiger partial charge in [-0.2, -0.15) is 0 Å². The van der Waals surface area contributed by atoms with E-state index in [4.69, 9.17) is 28.7 Å². The van der Waals surface area contributed by atoms with Crippen LogP contribution in [0.3, 0.4) is 0 Å². The first-order valence-electron chi connectivity index (χ1n) is 14.9. The van der Waals surface area contributed by atoms with Crippen LogP contribution in [0.1, 0.15) is 52.0 Å². The third-order valence-electron chi connectivity index (χ3n) is 7.59. The minimum atomic E-state index is -1.51. The molecule has 16 nitrogen and oxygen atoms in total. The summed E-state index contributed by atoms with van der Waals surface area (Å²) >= 11 is 0. The molecular formula is C30H51N11O5. The molecule has 1 aromatic rings. The number of hydrogen-bond acceptors (Lipinski definition) is 7. The number of aliphatic imine (C=N–C) groups is 2. The Labute approximate surface area is 270 Å². The lowest BCUT2D eigenvalue weighted by molar-refractivity contribution is -0.151. The van der Waals surface area contributed by atoms with Gasteiger partial charge in [-0.1, -0.05) is 30.3 Å². The van der Waals surface area contributed by atoms with Crippen molar-refractivity contribution in [3.8, 4) is 0 Å². The minimum absolute atomic E-state index is 0.0917. The van der Waals surface area contributed by atoms with Crippen LogP contribution in [0.15, 0.2) is 40.3 Å². The second-order valence-corrected chi connectivity index (χ2v) is 11.6. The van der Waals surface area contributed by atoms with E-state index in [0.29, 0.717) is 12.8 Å². The second-order valence-electron chi connectivity index (χ2n) is 11.6. The zero-order chi connectivity index (χ0) is 35.2. The second kappa shape index (κ2) is 18.2. The quantitative estimate of drug-likeness (QED) is 0.0598. The van der Waals surface area contributed by atoms with Crippen molar-refractivity contribution in [3.05, 3.63) is 35.9 Å². The zero-order valence-corrected chi connectivity index (χ0v) is 27.7. The van der Waals surface area contributed by atoms with Crippen LogP contribution < -0.4 is 34.0 Å². The zero-order valence-electron chi connectivity index (χ0n) is 27.7. The van der Waals surface area contributed by atoms with Crippen LogP contribution in [0.2, 0.25) is 0 Å². The molecule has 0 bridgehead atoms. The summed E-state index contributed by atoms with van der Waals surface area (Å²) < 4.78 is 0. The number of rotatable bonds is 18. The summed E-state index contributed by atoms with van der Waals surface area (Å²) in [6.45, 7) is 4.77. The number of likely N-dealkylation sites (N-methyl/N-ethyl adjacent to an activating group) is 3. The summed E-state index contributed by atoms with van der Waals surface area (Å²) in [5.74, 6) is -2.95. The number of benzene rings is 1. The number of guanidine groups is 2. The van der Waals surface area contributed by atoms with E-state index in [9.17, 15) is 24.0 Å². The predicted molar refractivity (Wildman–Crippen MR) is 177 cm³/mol. The highest BCUT2D eigenvalue weighted by Gasteiger charge is 2.40. The number of carbonyl (C=O) groups is 5. The molecule has 0 aromatic heterocycles. The van der Waals surface area contributed by atoms with E-state index in [1.807, 2.05) is 30.3 Å². The van der Waals surface area contributed by atoms with E-state index < -0.39 is 47.3 Å². The molecule has 1 rings (SSSR count). The fourth-order valence-corrected chi connectivity index (χ4v) is 4.87. The fourth-order valence-electron chi connectivity index (χ4n) is 4.87. The lowest BCUT2D eigenvalue weighted by Gasteiger charge is -2.38. The number of carbonyl (C=O) groups excluding carboxylic acids is 5. The number of nitrogens with one attached hydrogen (secondary N) is 1. The first-order valence-corrected chi connectivity index (χ1v) is 14.9. The van der Waals surface area contributed by atoms with Gasteiger partial charge in [0.15, 0.2) is 11.9 Å². The Morgan fingerprint density at radius 3 is 1.72 bits per heavy atom. The summed E-state index contributed by atoms with van der Waals surface area (Å²) in [7, 11) is 4.39. The number of nitrogens with two attached hydrogens (primary N) is 5. The highest BCUT2D eigenvalue weighted by molar-refractivity contribution is 5.97. The Hall–Kier alpha value is -4.89. The Morgan fingerprint density at radius 2 is 1.26 bits per heavy atom. The molecule has 0 radical (unpaired) electrons. The van der Waals surface area contributed by atoms with Crippen molar-refractivity contribution in [2.24, 2.45) is 38.7 Å².